The molecule has 10 rings (SSSR count). The Hall–Kier alpha value is -7.94. The van der Waals surface area contributed by atoms with Crippen molar-refractivity contribution in [2.45, 2.75) is 26.2 Å². The average Bonchev–Trinajstić information content (AvgIpc) is 3.64. The van der Waals surface area contributed by atoms with Crippen molar-refractivity contribution in [3.63, 3.8) is 0 Å². The first kappa shape index (κ1) is 37.3. The lowest BCUT2D eigenvalue weighted by molar-refractivity contribution is 0.591. The number of fused-ring (bicyclic) bond motifs is 3. The smallest absolute Gasteiger partial charge is 0.188 e. The zero-order chi connectivity index (χ0) is 41.5. The molecule has 0 amide bonds. The van der Waals surface area contributed by atoms with Gasteiger partial charge < -0.3 is 4.57 Å². The summed E-state index contributed by atoms with van der Waals surface area (Å²) in [6.07, 6.45) is 0. The number of hydrogen-bond acceptors (Lipinski definition) is 3. The van der Waals surface area contributed by atoms with Gasteiger partial charge in [0.15, 0.2) is 23.2 Å². The molecule has 0 atom stereocenters. The zero-order valence-electron chi connectivity index (χ0n) is 34.2. The molecule has 0 spiro atoms. The zero-order valence-corrected chi connectivity index (χ0v) is 34.2. The minimum Gasteiger partial charge on any atom is -0.308 e. The van der Waals surface area contributed by atoms with E-state index < -0.39 is 0 Å². The third kappa shape index (κ3) is 7.05. The van der Waals surface area contributed by atoms with Gasteiger partial charge in [-0.3, -0.25) is 0 Å². The highest BCUT2D eigenvalue weighted by molar-refractivity contribution is 6.12. The van der Waals surface area contributed by atoms with Gasteiger partial charge in [0, 0.05) is 33.2 Å². The molecule has 0 bridgehead atoms. The van der Waals surface area contributed by atoms with Gasteiger partial charge in [0.05, 0.1) is 23.3 Å². The van der Waals surface area contributed by atoms with Crippen LogP contribution in [0.5, 0.6) is 0 Å². The Balaban J connectivity index is 1.27. The average molecular weight is 784 g/mol. The van der Waals surface area contributed by atoms with Gasteiger partial charge in [-0.25, -0.2) is 19.8 Å². The minimum absolute atomic E-state index is 0.0575. The molecule has 61 heavy (non-hydrogen) atoms. The molecule has 5 nitrogen and oxygen atoms in total. The van der Waals surface area contributed by atoms with Crippen LogP contribution in [0.3, 0.4) is 0 Å². The summed E-state index contributed by atoms with van der Waals surface area (Å²) in [5.74, 6) is 1.78. The van der Waals surface area contributed by atoms with E-state index in [9.17, 15) is 0 Å². The molecule has 10 aromatic rings. The normalized spacial score (nSPS) is 11.5. The lowest BCUT2D eigenvalue weighted by Crippen LogP contribution is -2.10. The maximum Gasteiger partial charge on any atom is 0.188 e. The first-order chi connectivity index (χ1) is 29.8. The van der Waals surface area contributed by atoms with E-state index >= 15 is 0 Å². The Kier molecular flexibility index (Phi) is 9.39. The lowest BCUT2D eigenvalue weighted by atomic mass is 9.86. The van der Waals surface area contributed by atoms with Crippen molar-refractivity contribution in [1.29, 1.82) is 0 Å². The van der Waals surface area contributed by atoms with E-state index in [1.807, 2.05) is 48.5 Å². The van der Waals surface area contributed by atoms with Crippen molar-refractivity contribution in [2.24, 2.45) is 0 Å². The van der Waals surface area contributed by atoms with Crippen LogP contribution in [0.2, 0.25) is 0 Å². The highest BCUT2D eigenvalue weighted by Gasteiger charge is 2.24. The van der Waals surface area contributed by atoms with Crippen molar-refractivity contribution in [1.82, 2.24) is 19.5 Å². The quantitative estimate of drug-likeness (QED) is 0.151. The van der Waals surface area contributed by atoms with E-state index in [2.05, 4.69) is 176 Å². The fourth-order valence-electron chi connectivity index (χ4n) is 8.26. The monoisotopic (exact) mass is 783 g/mol. The highest BCUT2D eigenvalue weighted by Crippen LogP contribution is 2.45. The summed E-state index contributed by atoms with van der Waals surface area (Å²) in [5.41, 5.74) is 14.1. The van der Waals surface area contributed by atoms with E-state index in [0.29, 0.717) is 23.2 Å². The van der Waals surface area contributed by atoms with Gasteiger partial charge in [-0.05, 0) is 75.0 Å². The summed E-state index contributed by atoms with van der Waals surface area (Å²) < 4.78 is 2.39. The molecule has 2 heterocycles. The maximum absolute atomic E-state index is 7.92. The summed E-state index contributed by atoms with van der Waals surface area (Å²) in [6.45, 7) is 14.7. The van der Waals surface area contributed by atoms with Crippen LogP contribution in [-0.4, -0.2) is 19.5 Å². The summed E-state index contributed by atoms with van der Waals surface area (Å²) >= 11 is 0. The van der Waals surface area contributed by atoms with Gasteiger partial charge in [-0.2, -0.15) is 0 Å². The molecule has 0 fully saturated rings. The van der Waals surface area contributed by atoms with Crippen molar-refractivity contribution < 1.29 is 0 Å². The molecule has 8 aromatic carbocycles. The van der Waals surface area contributed by atoms with E-state index in [1.54, 1.807) is 0 Å². The molecule has 0 saturated carbocycles. The number of rotatable bonds is 7. The second kappa shape index (κ2) is 15.3. The summed E-state index contributed by atoms with van der Waals surface area (Å²) in [4.78, 5) is 19.4. The topological polar surface area (TPSA) is 48.0 Å². The summed E-state index contributed by atoms with van der Waals surface area (Å²) in [7, 11) is 0. The van der Waals surface area contributed by atoms with Gasteiger partial charge in [-0.1, -0.05) is 178 Å². The van der Waals surface area contributed by atoms with Crippen LogP contribution < -0.4 is 0 Å². The number of benzene rings is 8. The third-order valence-electron chi connectivity index (χ3n) is 11.4. The van der Waals surface area contributed by atoms with Crippen LogP contribution >= 0.6 is 0 Å². The van der Waals surface area contributed by atoms with E-state index in [4.69, 9.17) is 21.5 Å². The molecule has 290 valence electrons. The predicted octanol–water partition coefficient (Wildman–Crippen LogP) is 14.8. The van der Waals surface area contributed by atoms with Crippen molar-refractivity contribution in [3.8, 4) is 73.2 Å². The first-order valence-corrected chi connectivity index (χ1v) is 20.6. The van der Waals surface area contributed by atoms with Gasteiger partial charge in [0.25, 0.3) is 0 Å². The molecule has 0 N–H and O–H groups in total. The second-order valence-electron chi connectivity index (χ2n) is 16.4. The SMILES string of the molecule is [C-]#[N+]c1ccc2c(c1)c1cc(C(C)(C)C)ccc1n2-c1c(-c2ccccc2)cc(-c2nc(-c3ccccc3)nc(-c3ccc(-c4ccccc4)cc3)n2)cc1-c1ccccc1. The van der Waals surface area contributed by atoms with Gasteiger partial charge in [0.1, 0.15) is 0 Å². The summed E-state index contributed by atoms with van der Waals surface area (Å²) in [5, 5.41) is 2.16. The van der Waals surface area contributed by atoms with Crippen LogP contribution in [0.15, 0.2) is 194 Å². The second-order valence-corrected chi connectivity index (χ2v) is 16.4. The largest absolute Gasteiger partial charge is 0.308 e. The first-order valence-electron chi connectivity index (χ1n) is 20.6. The van der Waals surface area contributed by atoms with E-state index in [0.717, 1.165) is 77.6 Å². The number of nitrogens with zero attached hydrogens (tertiary/aromatic N) is 5. The van der Waals surface area contributed by atoms with Crippen molar-refractivity contribution in [3.05, 3.63) is 211 Å². The predicted molar refractivity (Wildman–Crippen MR) is 252 cm³/mol. The Morgan fingerprint density at radius 1 is 0.410 bits per heavy atom. The molecule has 0 saturated heterocycles. The molecular weight excluding hydrogens is 743 g/mol. The third-order valence-corrected chi connectivity index (χ3v) is 11.4. The Morgan fingerprint density at radius 3 is 1.33 bits per heavy atom. The van der Waals surface area contributed by atoms with Crippen LogP contribution in [0, 0.1) is 6.57 Å². The molecule has 2 aromatic heterocycles. The molecule has 0 unspecified atom stereocenters. The lowest BCUT2D eigenvalue weighted by Gasteiger charge is -2.22. The number of aromatic nitrogens is 4. The van der Waals surface area contributed by atoms with Crippen LogP contribution in [0.1, 0.15) is 26.3 Å². The fourth-order valence-corrected chi connectivity index (χ4v) is 8.26. The highest BCUT2D eigenvalue weighted by atomic mass is 15.0. The molecule has 0 aliphatic heterocycles. The van der Waals surface area contributed by atoms with E-state index in [-0.39, 0.29) is 5.41 Å². The standard InChI is InChI=1S/C56H41N5/c1-56(2,3)44-29-31-50-48(35-44)49-36-45(57-4)30-32-51(49)61(50)52-46(39-19-11-6-12-20-39)33-43(34-47(52)40-21-13-7-14-22-40)55-59-53(41-23-15-8-16-24-41)58-54(60-55)42-27-25-38(26-28-42)37-17-9-5-10-18-37/h5-36H,1-3H3. The Labute approximate surface area is 356 Å². The molecule has 0 radical (unpaired) electrons. The fraction of sp³-hybridized carbons (Fsp3) is 0.0714. The van der Waals surface area contributed by atoms with Crippen LogP contribution in [0.4, 0.5) is 5.69 Å². The van der Waals surface area contributed by atoms with Gasteiger partial charge in [-0.15, -0.1) is 0 Å². The Bertz CT molecular complexity index is 3190. The number of hydrogen-bond donors (Lipinski definition) is 0. The van der Waals surface area contributed by atoms with Crippen molar-refractivity contribution in [2.75, 3.05) is 0 Å². The van der Waals surface area contributed by atoms with Gasteiger partial charge in [0.2, 0.25) is 0 Å². The van der Waals surface area contributed by atoms with Gasteiger partial charge >= 0.3 is 0 Å². The Morgan fingerprint density at radius 2 is 0.820 bits per heavy atom. The molecular formula is C56H41N5. The van der Waals surface area contributed by atoms with Crippen LogP contribution in [0.25, 0.3) is 99.9 Å². The van der Waals surface area contributed by atoms with Crippen LogP contribution in [-0.2, 0) is 5.41 Å². The van der Waals surface area contributed by atoms with E-state index in [1.165, 1.54) is 5.56 Å². The molecule has 5 heteroatoms. The minimum atomic E-state index is -0.0575. The van der Waals surface area contributed by atoms with Crippen molar-refractivity contribution >= 4 is 27.5 Å². The molecule has 0 aliphatic carbocycles. The molecule has 0 aliphatic rings. The maximum atomic E-state index is 7.92. The summed E-state index contributed by atoms with van der Waals surface area (Å²) in [6, 6.07) is 67.4.